The van der Waals surface area contributed by atoms with Crippen LogP contribution in [0.3, 0.4) is 0 Å². The Morgan fingerprint density at radius 1 is 1.35 bits per heavy atom. The van der Waals surface area contributed by atoms with Gasteiger partial charge in [-0.2, -0.15) is 0 Å². The molecule has 0 aromatic carbocycles. The van der Waals surface area contributed by atoms with Gasteiger partial charge >= 0.3 is 0 Å². The number of carbonyl (C=O) groups is 1. The van der Waals surface area contributed by atoms with Gasteiger partial charge in [-0.05, 0) is 12.8 Å². The molecule has 0 spiro atoms. The molecule has 1 atom stereocenters. The summed E-state index contributed by atoms with van der Waals surface area (Å²) < 4.78 is 0. The van der Waals surface area contributed by atoms with E-state index in [9.17, 15) is 4.79 Å². The van der Waals surface area contributed by atoms with Crippen LogP contribution in [-0.2, 0) is 0 Å². The number of nitrogens with two attached hydrogens (primary N) is 1. The average Bonchev–Trinajstić information content (AvgIpc) is 2.78. The van der Waals surface area contributed by atoms with Crippen molar-refractivity contribution in [3.8, 4) is 0 Å². The monoisotopic (exact) mass is 292 g/mol. The van der Waals surface area contributed by atoms with E-state index in [0.29, 0.717) is 26.8 Å². The number of hydrogen-bond acceptors (Lipinski definition) is 5. The summed E-state index contributed by atoms with van der Waals surface area (Å²) in [5.74, 6) is 0.345. The Kier molecular flexibility index (Phi) is 4.54. The highest BCUT2D eigenvalue weighted by atomic mass is 32.1. The first kappa shape index (κ1) is 14.7. The van der Waals surface area contributed by atoms with Crippen molar-refractivity contribution in [2.45, 2.75) is 39.7 Å². The largest absolute Gasteiger partial charge is 0.396 e. The van der Waals surface area contributed by atoms with Crippen LogP contribution in [0.5, 0.6) is 0 Å². The molecule has 3 N–H and O–H groups in total. The van der Waals surface area contributed by atoms with Gasteiger partial charge in [0.1, 0.15) is 15.2 Å². The van der Waals surface area contributed by atoms with Crippen LogP contribution < -0.4 is 11.1 Å². The number of rotatable bonds is 5. The van der Waals surface area contributed by atoms with Crippen molar-refractivity contribution < 1.29 is 4.79 Å². The summed E-state index contributed by atoms with van der Waals surface area (Å²) >= 11 is 1.29. The molecule has 20 heavy (non-hydrogen) atoms. The Bertz CT molecular complexity index is 606. The van der Waals surface area contributed by atoms with Gasteiger partial charge in [0.25, 0.3) is 5.91 Å². The van der Waals surface area contributed by atoms with Gasteiger partial charge in [-0.15, -0.1) is 11.3 Å². The van der Waals surface area contributed by atoms with Crippen LogP contribution in [0.4, 0.5) is 5.69 Å². The third-order valence-electron chi connectivity index (χ3n) is 3.68. The summed E-state index contributed by atoms with van der Waals surface area (Å²) in [4.78, 5) is 21.9. The first-order valence-corrected chi connectivity index (χ1v) is 7.69. The summed E-state index contributed by atoms with van der Waals surface area (Å²) in [6.07, 6.45) is 5.28. The molecule has 5 nitrogen and oxygen atoms in total. The van der Waals surface area contributed by atoms with E-state index >= 15 is 0 Å². The van der Waals surface area contributed by atoms with Gasteiger partial charge in [-0.3, -0.25) is 4.79 Å². The number of hydrogen-bond donors (Lipinski definition) is 2. The fraction of sp³-hybridized carbons (Fsp3) is 0.500. The molecule has 1 amide bonds. The Balaban J connectivity index is 2.21. The molecular formula is C14H20N4OS. The number of fused-ring (bicyclic) bond motifs is 1. The zero-order chi connectivity index (χ0) is 14.7. The van der Waals surface area contributed by atoms with Crippen LogP contribution in [0, 0.1) is 5.92 Å². The number of anilines is 1. The molecule has 0 saturated carbocycles. The normalized spacial score (nSPS) is 12.8. The first-order chi connectivity index (χ1) is 9.58. The lowest BCUT2D eigenvalue weighted by Crippen LogP contribution is -2.37. The van der Waals surface area contributed by atoms with Gasteiger partial charge in [-0.1, -0.05) is 26.7 Å². The number of nitrogens with one attached hydrogen (secondary N) is 1. The van der Waals surface area contributed by atoms with E-state index in [1.54, 1.807) is 12.4 Å². The molecule has 1 unspecified atom stereocenters. The van der Waals surface area contributed by atoms with Gasteiger partial charge in [-0.25, -0.2) is 9.97 Å². The van der Waals surface area contributed by atoms with E-state index in [2.05, 4.69) is 29.1 Å². The number of nitrogens with zero attached hydrogens (tertiary/aromatic N) is 2. The van der Waals surface area contributed by atoms with E-state index in [-0.39, 0.29) is 11.9 Å². The minimum Gasteiger partial charge on any atom is -0.396 e. The second-order valence-corrected chi connectivity index (χ2v) is 5.89. The minimum absolute atomic E-state index is 0.128. The number of carbonyl (C=O) groups excluding carboxylic acids is 1. The quantitative estimate of drug-likeness (QED) is 0.888. The minimum atomic E-state index is -0.133. The molecule has 0 saturated heterocycles. The maximum absolute atomic E-state index is 12.3. The molecule has 2 aromatic rings. The van der Waals surface area contributed by atoms with Gasteiger partial charge in [0, 0.05) is 18.4 Å². The lowest BCUT2D eigenvalue weighted by molar-refractivity contribution is 0.0930. The summed E-state index contributed by atoms with van der Waals surface area (Å²) in [6, 6.07) is 0.128. The fourth-order valence-electron chi connectivity index (χ4n) is 2.40. The SMILES string of the molecule is CCC(CC)C(C)NC(=O)c1sc2nccnc2c1N. The number of nitrogen functional groups attached to an aromatic ring is 1. The van der Waals surface area contributed by atoms with E-state index in [1.165, 1.54) is 11.3 Å². The molecule has 6 heteroatoms. The maximum Gasteiger partial charge on any atom is 0.263 e. The molecule has 0 bridgehead atoms. The van der Waals surface area contributed by atoms with Crippen molar-refractivity contribution in [1.82, 2.24) is 15.3 Å². The average molecular weight is 292 g/mol. The van der Waals surface area contributed by atoms with Crippen molar-refractivity contribution >= 4 is 33.3 Å². The Morgan fingerprint density at radius 3 is 2.60 bits per heavy atom. The topological polar surface area (TPSA) is 80.9 Å². The van der Waals surface area contributed by atoms with Crippen molar-refractivity contribution in [1.29, 1.82) is 0 Å². The number of thiophene rings is 1. The van der Waals surface area contributed by atoms with E-state index in [0.717, 1.165) is 12.8 Å². The maximum atomic E-state index is 12.3. The lowest BCUT2D eigenvalue weighted by Gasteiger charge is -2.22. The van der Waals surface area contributed by atoms with E-state index in [1.807, 2.05) is 6.92 Å². The second kappa shape index (κ2) is 6.17. The zero-order valence-electron chi connectivity index (χ0n) is 12.0. The molecule has 2 rings (SSSR count). The number of amides is 1. The molecule has 2 heterocycles. The smallest absolute Gasteiger partial charge is 0.263 e. The van der Waals surface area contributed by atoms with Crippen molar-refractivity contribution in [3.05, 3.63) is 17.3 Å². The Hall–Kier alpha value is -1.69. The summed E-state index contributed by atoms with van der Waals surface area (Å²) in [6.45, 7) is 6.31. The van der Waals surface area contributed by atoms with Crippen LogP contribution in [0.25, 0.3) is 10.3 Å². The van der Waals surface area contributed by atoms with Crippen LogP contribution in [-0.4, -0.2) is 21.9 Å². The van der Waals surface area contributed by atoms with E-state index < -0.39 is 0 Å². The van der Waals surface area contributed by atoms with Crippen LogP contribution in [0.15, 0.2) is 12.4 Å². The summed E-state index contributed by atoms with van der Waals surface area (Å²) in [5, 5.41) is 3.04. The fourth-order valence-corrected chi connectivity index (χ4v) is 3.32. The molecule has 0 aliphatic carbocycles. The third kappa shape index (κ3) is 2.75. The lowest BCUT2D eigenvalue weighted by atomic mass is 9.95. The van der Waals surface area contributed by atoms with Crippen molar-refractivity contribution in [2.24, 2.45) is 5.92 Å². The van der Waals surface area contributed by atoms with Crippen LogP contribution in [0.1, 0.15) is 43.3 Å². The van der Waals surface area contributed by atoms with Crippen LogP contribution >= 0.6 is 11.3 Å². The summed E-state index contributed by atoms with van der Waals surface area (Å²) in [7, 11) is 0. The van der Waals surface area contributed by atoms with Crippen molar-refractivity contribution in [3.63, 3.8) is 0 Å². The standard InChI is InChI=1S/C14H20N4OS/c1-4-9(5-2)8(3)18-13(19)12-10(15)11-14(20-12)17-7-6-16-11/h6-9H,4-5,15H2,1-3H3,(H,18,19). The zero-order valence-corrected chi connectivity index (χ0v) is 12.8. The molecule has 0 aliphatic rings. The molecule has 0 radical (unpaired) electrons. The van der Waals surface area contributed by atoms with Gasteiger partial charge < -0.3 is 11.1 Å². The highest BCUT2D eigenvalue weighted by Gasteiger charge is 2.21. The van der Waals surface area contributed by atoms with Gasteiger partial charge in [0.05, 0.1) is 5.69 Å². The molecule has 2 aromatic heterocycles. The third-order valence-corrected chi connectivity index (χ3v) is 4.79. The van der Waals surface area contributed by atoms with Crippen molar-refractivity contribution in [2.75, 3.05) is 5.73 Å². The Labute approximate surface area is 122 Å². The predicted molar refractivity (Wildman–Crippen MR) is 82.8 cm³/mol. The molecule has 0 fully saturated rings. The predicted octanol–water partition coefficient (Wildman–Crippen LogP) is 2.83. The second-order valence-electron chi connectivity index (χ2n) is 4.89. The highest BCUT2D eigenvalue weighted by molar-refractivity contribution is 7.21. The summed E-state index contributed by atoms with van der Waals surface area (Å²) in [5.41, 5.74) is 7.04. The number of aromatic nitrogens is 2. The molecular weight excluding hydrogens is 272 g/mol. The highest BCUT2D eigenvalue weighted by Crippen LogP contribution is 2.30. The Morgan fingerprint density at radius 2 is 2.00 bits per heavy atom. The molecule has 0 aliphatic heterocycles. The molecule has 108 valence electrons. The first-order valence-electron chi connectivity index (χ1n) is 6.88. The van der Waals surface area contributed by atoms with E-state index in [4.69, 9.17) is 5.73 Å². The van der Waals surface area contributed by atoms with Gasteiger partial charge in [0.2, 0.25) is 0 Å². The van der Waals surface area contributed by atoms with Gasteiger partial charge in [0.15, 0.2) is 0 Å². The van der Waals surface area contributed by atoms with Crippen LogP contribution in [0.2, 0.25) is 0 Å².